The van der Waals surface area contributed by atoms with Crippen molar-refractivity contribution < 1.29 is 14.3 Å². The van der Waals surface area contributed by atoms with Gasteiger partial charge in [-0.15, -0.1) is 0 Å². The Balaban J connectivity index is 4.02. The quantitative estimate of drug-likeness (QED) is 0.269. The zero-order valence-electron chi connectivity index (χ0n) is 6.95. The van der Waals surface area contributed by atoms with Crippen LogP contribution >= 0.6 is 0 Å². The number of carbonyl (C=O) groups excluding carboxylic acids is 2. The van der Waals surface area contributed by atoms with Gasteiger partial charge in [0.25, 0.3) is 0 Å². The molecule has 0 aliphatic rings. The first-order valence-corrected chi connectivity index (χ1v) is 3.64. The highest BCUT2D eigenvalue weighted by Gasteiger charge is 2.08. The summed E-state index contributed by atoms with van der Waals surface area (Å²) < 4.78 is 4.69. The standard InChI is InChI=1S/C8H11NO3/c1-3-5-7(9-6-10)12-8(11)4-2/h4,7H,2-3,5H2,1H3. The lowest BCUT2D eigenvalue weighted by Gasteiger charge is -2.08. The first kappa shape index (κ1) is 10.6. The molecule has 4 nitrogen and oxygen atoms in total. The zero-order valence-corrected chi connectivity index (χ0v) is 6.95. The number of isocyanates is 1. The Hall–Kier alpha value is -1.41. The maximum absolute atomic E-state index is 10.6. The summed E-state index contributed by atoms with van der Waals surface area (Å²) in [6, 6.07) is 0. The smallest absolute Gasteiger partial charge is 0.332 e. The summed E-state index contributed by atoms with van der Waals surface area (Å²) in [5.74, 6) is -0.576. The van der Waals surface area contributed by atoms with Crippen LogP contribution in [-0.2, 0) is 14.3 Å². The lowest BCUT2D eigenvalue weighted by molar-refractivity contribution is -0.142. The first-order valence-electron chi connectivity index (χ1n) is 3.64. The minimum absolute atomic E-state index is 0.523. The maximum atomic E-state index is 10.6. The van der Waals surface area contributed by atoms with E-state index in [0.29, 0.717) is 6.42 Å². The molecule has 0 radical (unpaired) electrons. The molecule has 12 heavy (non-hydrogen) atoms. The highest BCUT2D eigenvalue weighted by atomic mass is 16.6. The summed E-state index contributed by atoms with van der Waals surface area (Å²) in [7, 11) is 0. The summed E-state index contributed by atoms with van der Waals surface area (Å²) in [6.07, 6.45) is 2.97. The maximum Gasteiger partial charge on any atom is 0.332 e. The van der Waals surface area contributed by atoms with E-state index in [0.717, 1.165) is 12.5 Å². The van der Waals surface area contributed by atoms with Crippen LogP contribution in [0.3, 0.4) is 0 Å². The summed E-state index contributed by atoms with van der Waals surface area (Å²) in [5.41, 5.74) is 0. The van der Waals surface area contributed by atoms with E-state index in [2.05, 4.69) is 11.6 Å². The SMILES string of the molecule is C=CC(=O)OC(CCC)N=C=O. The molecule has 0 heterocycles. The highest BCUT2D eigenvalue weighted by molar-refractivity contribution is 5.81. The van der Waals surface area contributed by atoms with E-state index in [-0.39, 0.29) is 0 Å². The Morgan fingerprint density at radius 2 is 2.50 bits per heavy atom. The highest BCUT2D eigenvalue weighted by Crippen LogP contribution is 2.03. The Kier molecular flexibility index (Phi) is 5.57. The third-order valence-corrected chi connectivity index (χ3v) is 1.15. The van der Waals surface area contributed by atoms with Crippen LogP contribution in [-0.4, -0.2) is 18.3 Å². The van der Waals surface area contributed by atoms with Gasteiger partial charge in [-0.25, -0.2) is 9.59 Å². The molecule has 1 atom stereocenters. The number of hydrogen-bond donors (Lipinski definition) is 0. The van der Waals surface area contributed by atoms with Crippen LogP contribution in [0.1, 0.15) is 19.8 Å². The zero-order chi connectivity index (χ0) is 9.40. The van der Waals surface area contributed by atoms with Crippen molar-refractivity contribution in [1.82, 2.24) is 0 Å². The minimum atomic E-state index is -0.710. The average Bonchev–Trinajstić information content (AvgIpc) is 2.05. The van der Waals surface area contributed by atoms with Crippen molar-refractivity contribution in [3.8, 4) is 0 Å². The van der Waals surface area contributed by atoms with E-state index in [1.165, 1.54) is 6.08 Å². The molecule has 0 fully saturated rings. The molecule has 0 spiro atoms. The summed E-state index contributed by atoms with van der Waals surface area (Å²) in [6.45, 7) is 5.12. The number of hydrogen-bond acceptors (Lipinski definition) is 4. The van der Waals surface area contributed by atoms with Gasteiger partial charge in [-0.2, -0.15) is 4.99 Å². The van der Waals surface area contributed by atoms with Gasteiger partial charge < -0.3 is 4.74 Å². The van der Waals surface area contributed by atoms with Gasteiger partial charge in [0, 0.05) is 12.5 Å². The average molecular weight is 169 g/mol. The summed E-state index contributed by atoms with van der Waals surface area (Å²) >= 11 is 0. The second kappa shape index (κ2) is 6.31. The number of nitrogens with zero attached hydrogens (tertiary/aromatic N) is 1. The third kappa shape index (κ3) is 4.41. The second-order valence-electron chi connectivity index (χ2n) is 2.10. The molecular weight excluding hydrogens is 158 g/mol. The van der Waals surface area contributed by atoms with Gasteiger partial charge in [0.2, 0.25) is 12.3 Å². The Bertz CT molecular complexity index is 206. The summed E-state index contributed by atoms with van der Waals surface area (Å²) in [4.78, 5) is 23.8. The first-order chi connectivity index (χ1) is 5.74. The van der Waals surface area contributed by atoms with E-state index < -0.39 is 12.2 Å². The normalized spacial score (nSPS) is 11.1. The van der Waals surface area contributed by atoms with Gasteiger partial charge in [-0.1, -0.05) is 19.9 Å². The molecule has 4 heteroatoms. The van der Waals surface area contributed by atoms with Crippen LogP contribution in [0.5, 0.6) is 0 Å². The molecule has 0 aliphatic carbocycles. The van der Waals surface area contributed by atoms with E-state index >= 15 is 0 Å². The molecular formula is C8H11NO3. The fraction of sp³-hybridized carbons (Fsp3) is 0.500. The van der Waals surface area contributed by atoms with Crippen LogP contribution in [0, 0.1) is 0 Å². The number of aliphatic imine (C=N–C) groups is 1. The Morgan fingerprint density at radius 3 is 2.92 bits per heavy atom. The van der Waals surface area contributed by atoms with Crippen LogP contribution < -0.4 is 0 Å². The van der Waals surface area contributed by atoms with Crippen molar-refractivity contribution in [2.24, 2.45) is 4.99 Å². The molecule has 66 valence electrons. The molecule has 0 aromatic heterocycles. The van der Waals surface area contributed by atoms with Crippen molar-refractivity contribution in [3.63, 3.8) is 0 Å². The van der Waals surface area contributed by atoms with E-state index in [4.69, 9.17) is 4.74 Å². The molecule has 1 unspecified atom stereocenters. The predicted molar refractivity (Wildman–Crippen MR) is 43.1 cm³/mol. The van der Waals surface area contributed by atoms with Gasteiger partial charge in [0.05, 0.1) is 0 Å². The van der Waals surface area contributed by atoms with Crippen LogP contribution in [0.15, 0.2) is 17.6 Å². The van der Waals surface area contributed by atoms with Crippen LogP contribution in [0.25, 0.3) is 0 Å². The Morgan fingerprint density at radius 1 is 1.83 bits per heavy atom. The largest absolute Gasteiger partial charge is 0.436 e. The molecule has 0 aliphatic heterocycles. The van der Waals surface area contributed by atoms with Gasteiger partial charge in [-0.05, 0) is 0 Å². The molecule has 0 aromatic rings. The van der Waals surface area contributed by atoms with E-state index in [9.17, 15) is 9.59 Å². The van der Waals surface area contributed by atoms with Gasteiger partial charge in [-0.3, -0.25) is 0 Å². The lowest BCUT2D eigenvalue weighted by Crippen LogP contribution is -2.13. The lowest BCUT2D eigenvalue weighted by atomic mass is 10.3. The number of esters is 1. The molecule has 0 saturated carbocycles. The van der Waals surface area contributed by atoms with Gasteiger partial charge in [0.1, 0.15) is 0 Å². The van der Waals surface area contributed by atoms with Crippen LogP contribution in [0.4, 0.5) is 0 Å². The monoisotopic (exact) mass is 169 g/mol. The molecule has 0 aromatic carbocycles. The fourth-order valence-corrected chi connectivity index (χ4v) is 0.638. The second-order valence-corrected chi connectivity index (χ2v) is 2.10. The number of rotatable bonds is 5. The molecule has 0 amide bonds. The van der Waals surface area contributed by atoms with E-state index in [1.54, 1.807) is 0 Å². The molecule has 0 N–H and O–H groups in total. The summed E-state index contributed by atoms with van der Waals surface area (Å²) in [5, 5.41) is 0. The van der Waals surface area contributed by atoms with Crippen LogP contribution in [0.2, 0.25) is 0 Å². The number of carbonyl (C=O) groups is 1. The minimum Gasteiger partial charge on any atom is -0.436 e. The van der Waals surface area contributed by atoms with E-state index in [1.807, 2.05) is 6.92 Å². The van der Waals surface area contributed by atoms with Gasteiger partial charge in [0.15, 0.2) is 0 Å². The molecule has 0 rings (SSSR count). The Labute approximate surface area is 70.9 Å². The van der Waals surface area contributed by atoms with Crippen molar-refractivity contribution in [1.29, 1.82) is 0 Å². The fourth-order valence-electron chi connectivity index (χ4n) is 0.638. The molecule has 0 saturated heterocycles. The van der Waals surface area contributed by atoms with Crippen molar-refractivity contribution in [2.75, 3.05) is 0 Å². The third-order valence-electron chi connectivity index (χ3n) is 1.15. The topological polar surface area (TPSA) is 55.7 Å². The van der Waals surface area contributed by atoms with Gasteiger partial charge >= 0.3 is 5.97 Å². The number of ether oxygens (including phenoxy) is 1. The van der Waals surface area contributed by atoms with Crippen molar-refractivity contribution in [3.05, 3.63) is 12.7 Å². The predicted octanol–water partition coefficient (Wildman–Crippen LogP) is 1.18. The van der Waals surface area contributed by atoms with Crippen molar-refractivity contribution >= 4 is 12.0 Å². The molecule has 0 bridgehead atoms. The van der Waals surface area contributed by atoms with Crippen molar-refractivity contribution in [2.45, 2.75) is 26.0 Å².